The molecule has 1 amide bonds. The lowest BCUT2D eigenvalue weighted by Gasteiger charge is -2.21. The second-order valence-electron chi connectivity index (χ2n) is 4.50. The Morgan fingerprint density at radius 3 is 2.70 bits per heavy atom. The van der Waals surface area contributed by atoms with E-state index in [2.05, 4.69) is 16.7 Å². The fourth-order valence-electron chi connectivity index (χ4n) is 1.86. The van der Waals surface area contributed by atoms with E-state index in [1.807, 2.05) is 30.3 Å². The topological polar surface area (TPSA) is 74.2 Å². The Labute approximate surface area is 119 Å². The highest BCUT2D eigenvalue weighted by Crippen LogP contribution is 2.16. The van der Waals surface area contributed by atoms with Crippen LogP contribution < -0.4 is 10.6 Å². The van der Waals surface area contributed by atoms with E-state index < -0.39 is 0 Å². The Morgan fingerprint density at radius 2 is 2.10 bits per heavy atom. The van der Waals surface area contributed by atoms with Crippen molar-refractivity contribution in [3.63, 3.8) is 0 Å². The van der Waals surface area contributed by atoms with Crippen LogP contribution in [0, 0.1) is 11.3 Å². The van der Waals surface area contributed by atoms with Gasteiger partial charge in [0.05, 0.1) is 25.1 Å². The molecule has 0 bridgehead atoms. The molecule has 108 valence electrons. The molecule has 0 aliphatic heterocycles. The molecular weight excluding hydrogens is 254 g/mol. The van der Waals surface area contributed by atoms with E-state index in [0.717, 1.165) is 5.56 Å². The maximum Gasteiger partial charge on any atom is 0.236 e. The Bertz CT molecular complexity index is 442. The molecular formula is C15H21N3O2. The monoisotopic (exact) mass is 275 g/mol. The van der Waals surface area contributed by atoms with Crippen molar-refractivity contribution in [2.45, 2.75) is 25.4 Å². The SMILES string of the molecule is COCCNC(=O)C(C)NC(CC#N)c1ccccc1. The standard InChI is InChI=1S/C15H21N3O2/c1-12(15(19)17-10-11-20-2)18-14(8-9-16)13-6-4-3-5-7-13/h3-7,12,14,18H,8,10-11H2,1-2H3,(H,17,19). The second kappa shape index (κ2) is 9.08. The molecule has 0 spiro atoms. The van der Waals surface area contributed by atoms with E-state index in [1.165, 1.54) is 0 Å². The third-order valence-electron chi connectivity index (χ3n) is 2.95. The van der Waals surface area contributed by atoms with Crippen LogP contribution in [0.5, 0.6) is 0 Å². The van der Waals surface area contributed by atoms with Gasteiger partial charge in [0.1, 0.15) is 0 Å². The molecule has 5 nitrogen and oxygen atoms in total. The van der Waals surface area contributed by atoms with Crippen LogP contribution in [0.4, 0.5) is 0 Å². The normalized spacial score (nSPS) is 13.2. The molecule has 1 rings (SSSR count). The lowest BCUT2D eigenvalue weighted by molar-refractivity contribution is -0.123. The van der Waals surface area contributed by atoms with E-state index >= 15 is 0 Å². The van der Waals surface area contributed by atoms with Gasteiger partial charge in [0.25, 0.3) is 0 Å². The third kappa shape index (κ3) is 5.39. The number of ether oxygens (including phenoxy) is 1. The van der Waals surface area contributed by atoms with Gasteiger partial charge in [-0.15, -0.1) is 0 Å². The number of nitrogens with zero attached hydrogens (tertiary/aromatic N) is 1. The molecule has 0 saturated carbocycles. The molecule has 0 aliphatic rings. The number of hydrogen-bond donors (Lipinski definition) is 2. The molecule has 2 atom stereocenters. The number of methoxy groups -OCH3 is 1. The number of amides is 1. The highest BCUT2D eigenvalue weighted by molar-refractivity contribution is 5.81. The first kappa shape index (κ1) is 16.2. The summed E-state index contributed by atoms with van der Waals surface area (Å²) >= 11 is 0. The van der Waals surface area contributed by atoms with Gasteiger partial charge in [0.15, 0.2) is 0 Å². The average Bonchev–Trinajstić information content (AvgIpc) is 2.47. The van der Waals surface area contributed by atoms with Crippen LogP contribution in [0.3, 0.4) is 0 Å². The number of hydrogen-bond acceptors (Lipinski definition) is 4. The zero-order valence-electron chi connectivity index (χ0n) is 11.9. The van der Waals surface area contributed by atoms with Crippen molar-refractivity contribution in [2.24, 2.45) is 0 Å². The molecule has 0 aromatic heterocycles. The summed E-state index contributed by atoms with van der Waals surface area (Å²) in [6.45, 7) is 2.75. The quantitative estimate of drug-likeness (QED) is 0.703. The molecule has 0 aliphatic carbocycles. The molecule has 5 heteroatoms. The molecule has 0 fully saturated rings. The van der Waals surface area contributed by atoms with Crippen molar-refractivity contribution in [2.75, 3.05) is 20.3 Å². The summed E-state index contributed by atoms with van der Waals surface area (Å²) in [5, 5.41) is 14.9. The third-order valence-corrected chi connectivity index (χ3v) is 2.95. The van der Waals surface area contributed by atoms with Gasteiger partial charge >= 0.3 is 0 Å². The smallest absolute Gasteiger partial charge is 0.236 e. The first-order valence-corrected chi connectivity index (χ1v) is 6.63. The zero-order chi connectivity index (χ0) is 14.8. The number of carbonyl (C=O) groups is 1. The van der Waals surface area contributed by atoms with Crippen molar-refractivity contribution < 1.29 is 9.53 Å². The van der Waals surface area contributed by atoms with Gasteiger partial charge in [-0.1, -0.05) is 30.3 Å². The predicted molar refractivity (Wildman–Crippen MR) is 76.9 cm³/mol. The van der Waals surface area contributed by atoms with Gasteiger partial charge in [-0.2, -0.15) is 5.26 Å². The van der Waals surface area contributed by atoms with Crippen LogP contribution in [0.2, 0.25) is 0 Å². The summed E-state index contributed by atoms with van der Waals surface area (Å²) < 4.78 is 4.88. The van der Waals surface area contributed by atoms with E-state index in [9.17, 15) is 4.79 Å². The summed E-state index contributed by atoms with van der Waals surface area (Å²) in [5.74, 6) is -0.0964. The van der Waals surface area contributed by atoms with Crippen molar-refractivity contribution in [3.8, 4) is 6.07 Å². The molecule has 1 aromatic rings. The van der Waals surface area contributed by atoms with Crippen molar-refractivity contribution in [1.29, 1.82) is 5.26 Å². The summed E-state index contributed by atoms with van der Waals surface area (Å²) in [7, 11) is 1.59. The van der Waals surface area contributed by atoms with Gasteiger partial charge in [-0.25, -0.2) is 0 Å². The van der Waals surface area contributed by atoms with Crippen LogP contribution in [0.15, 0.2) is 30.3 Å². The molecule has 0 radical (unpaired) electrons. The molecule has 20 heavy (non-hydrogen) atoms. The lowest BCUT2D eigenvalue weighted by atomic mass is 10.0. The minimum atomic E-state index is -0.370. The van der Waals surface area contributed by atoms with Crippen LogP contribution in [-0.4, -0.2) is 32.2 Å². The number of rotatable bonds is 8. The Kier molecular flexibility index (Phi) is 7.33. The lowest BCUT2D eigenvalue weighted by Crippen LogP contribution is -2.44. The van der Waals surface area contributed by atoms with E-state index in [-0.39, 0.29) is 18.0 Å². The van der Waals surface area contributed by atoms with Gasteiger partial charge in [-0.3, -0.25) is 10.1 Å². The predicted octanol–water partition coefficient (Wildman–Crippen LogP) is 1.38. The summed E-state index contributed by atoms with van der Waals surface area (Å²) in [6.07, 6.45) is 0.319. The van der Waals surface area contributed by atoms with Crippen molar-refractivity contribution in [3.05, 3.63) is 35.9 Å². The van der Waals surface area contributed by atoms with E-state index in [4.69, 9.17) is 10.00 Å². The minimum Gasteiger partial charge on any atom is -0.383 e. The van der Waals surface area contributed by atoms with E-state index in [0.29, 0.717) is 19.6 Å². The highest BCUT2D eigenvalue weighted by atomic mass is 16.5. The van der Waals surface area contributed by atoms with E-state index in [1.54, 1.807) is 14.0 Å². The second-order valence-corrected chi connectivity index (χ2v) is 4.50. The van der Waals surface area contributed by atoms with Gasteiger partial charge in [0.2, 0.25) is 5.91 Å². The molecule has 0 heterocycles. The number of carbonyl (C=O) groups excluding carboxylic acids is 1. The molecule has 2 N–H and O–H groups in total. The largest absolute Gasteiger partial charge is 0.383 e. The average molecular weight is 275 g/mol. The van der Waals surface area contributed by atoms with Gasteiger partial charge < -0.3 is 10.1 Å². The Hall–Kier alpha value is -1.90. The fraction of sp³-hybridized carbons (Fsp3) is 0.467. The van der Waals surface area contributed by atoms with Gasteiger partial charge in [0, 0.05) is 19.7 Å². The fourth-order valence-corrected chi connectivity index (χ4v) is 1.86. The van der Waals surface area contributed by atoms with Crippen LogP contribution in [0.1, 0.15) is 24.9 Å². The maximum atomic E-state index is 11.9. The van der Waals surface area contributed by atoms with Crippen LogP contribution >= 0.6 is 0 Å². The van der Waals surface area contributed by atoms with Crippen molar-refractivity contribution >= 4 is 5.91 Å². The molecule has 2 unspecified atom stereocenters. The summed E-state index contributed by atoms with van der Waals surface area (Å²) in [4.78, 5) is 11.9. The first-order valence-electron chi connectivity index (χ1n) is 6.63. The van der Waals surface area contributed by atoms with Crippen LogP contribution in [0.25, 0.3) is 0 Å². The Balaban J connectivity index is 2.57. The number of nitriles is 1. The van der Waals surface area contributed by atoms with Gasteiger partial charge in [-0.05, 0) is 12.5 Å². The van der Waals surface area contributed by atoms with Crippen molar-refractivity contribution in [1.82, 2.24) is 10.6 Å². The zero-order valence-corrected chi connectivity index (χ0v) is 11.9. The maximum absolute atomic E-state index is 11.9. The Morgan fingerprint density at radius 1 is 1.40 bits per heavy atom. The molecule has 1 aromatic carbocycles. The van der Waals surface area contributed by atoms with Crippen LogP contribution in [-0.2, 0) is 9.53 Å². The minimum absolute atomic E-state index is 0.0964. The highest BCUT2D eigenvalue weighted by Gasteiger charge is 2.18. The number of nitrogens with one attached hydrogen (secondary N) is 2. The molecule has 0 saturated heterocycles. The first-order chi connectivity index (χ1) is 9.69. The number of benzene rings is 1. The summed E-state index contributed by atoms with van der Waals surface area (Å²) in [5.41, 5.74) is 1.01. The summed E-state index contributed by atoms with van der Waals surface area (Å²) in [6, 6.07) is 11.3.